The maximum atomic E-state index is 5.74. The van der Waals surface area contributed by atoms with Gasteiger partial charge in [-0.25, -0.2) is 0 Å². The average Bonchev–Trinajstić information content (AvgIpc) is 3.52. The van der Waals surface area contributed by atoms with Gasteiger partial charge in [-0.15, -0.1) is 24.0 Å². The second kappa shape index (κ2) is 11.7. The van der Waals surface area contributed by atoms with Crippen molar-refractivity contribution < 1.29 is 8.94 Å². The monoisotopic (exact) mass is 528 g/mol. The second-order valence-electron chi connectivity index (χ2n) is 7.72. The van der Waals surface area contributed by atoms with Gasteiger partial charge in [0.25, 0.3) is 0 Å². The number of nitrogens with zero attached hydrogens (tertiary/aromatic N) is 5. The van der Waals surface area contributed by atoms with Crippen molar-refractivity contribution in [3.05, 3.63) is 42.2 Å². The fraction of sp³-hybridized carbons (Fsp3) is 0.619. The highest BCUT2D eigenvalue weighted by Gasteiger charge is 2.26. The van der Waals surface area contributed by atoms with E-state index in [-0.39, 0.29) is 30.0 Å². The predicted octanol–water partition coefficient (Wildman–Crippen LogP) is 2.81. The molecule has 2 aliphatic rings. The third-order valence-electron chi connectivity index (χ3n) is 5.75. The zero-order chi connectivity index (χ0) is 19.9. The summed E-state index contributed by atoms with van der Waals surface area (Å²) in [5.74, 6) is 2.02. The molecule has 0 amide bonds. The van der Waals surface area contributed by atoms with Crippen molar-refractivity contribution in [3.8, 4) is 0 Å². The van der Waals surface area contributed by atoms with E-state index in [1.807, 2.05) is 12.1 Å². The number of aromatic nitrogens is 1. The fourth-order valence-corrected chi connectivity index (χ4v) is 4.18. The summed E-state index contributed by atoms with van der Waals surface area (Å²) >= 11 is 0. The molecule has 2 aromatic rings. The van der Waals surface area contributed by atoms with Gasteiger partial charge in [0.05, 0.1) is 24.5 Å². The van der Waals surface area contributed by atoms with Gasteiger partial charge in [-0.05, 0) is 45.0 Å². The average molecular weight is 528 g/mol. The van der Waals surface area contributed by atoms with Crippen LogP contribution in [0.25, 0.3) is 0 Å². The van der Waals surface area contributed by atoms with Crippen molar-refractivity contribution in [2.24, 2.45) is 4.99 Å². The highest BCUT2D eigenvalue weighted by Crippen LogP contribution is 2.26. The summed E-state index contributed by atoms with van der Waals surface area (Å²) in [6.07, 6.45) is 5.92. The molecule has 1 atom stereocenters. The number of rotatable bonds is 7. The lowest BCUT2D eigenvalue weighted by atomic mass is 10.2. The van der Waals surface area contributed by atoms with Crippen LogP contribution in [0.1, 0.15) is 37.3 Å². The number of piperazine rings is 1. The van der Waals surface area contributed by atoms with Crippen LogP contribution in [-0.2, 0) is 6.54 Å². The highest BCUT2D eigenvalue weighted by atomic mass is 127. The maximum Gasteiger partial charge on any atom is 0.194 e. The van der Waals surface area contributed by atoms with Crippen molar-refractivity contribution >= 4 is 29.9 Å². The standard InChI is InChI=1S/C21H32N6O2.HI/c1-2-22-21(27-12-10-25(11-13-27)17-18-7-15-29-24-18)23-16-19(20-6-5-14-28-20)26-8-3-4-9-26;/h5-7,14-15,19H,2-4,8-13,16-17H2,1H3,(H,22,23);1H. The molecule has 30 heavy (non-hydrogen) atoms. The van der Waals surface area contributed by atoms with Crippen LogP contribution in [0.4, 0.5) is 0 Å². The van der Waals surface area contributed by atoms with E-state index < -0.39 is 0 Å². The molecular formula is C21H33IN6O2. The lowest BCUT2D eigenvalue weighted by molar-refractivity contribution is 0.168. The first-order chi connectivity index (χ1) is 14.3. The summed E-state index contributed by atoms with van der Waals surface area (Å²) in [5.41, 5.74) is 0.992. The molecule has 0 spiro atoms. The molecule has 2 saturated heterocycles. The minimum absolute atomic E-state index is 0. The van der Waals surface area contributed by atoms with E-state index in [2.05, 4.69) is 38.2 Å². The second-order valence-corrected chi connectivity index (χ2v) is 7.72. The van der Waals surface area contributed by atoms with Crippen LogP contribution in [0.5, 0.6) is 0 Å². The van der Waals surface area contributed by atoms with E-state index in [4.69, 9.17) is 13.9 Å². The number of furan rings is 1. The van der Waals surface area contributed by atoms with Gasteiger partial charge in [-0.1, -0.05) is 5.16 Å². The van der Waals surface area contributed by atoms with Gasteiger partial charge in [0.15, 0.2) is 5.96 Å². The van der Waals surface area contributed by atoms with Crippen molar-refractivity contribution in [3.63, 3.8) is 0 Å². The van der Waals surface area contributed by atoms with Gasteiger partial charge >= 0.3 is 0 Å². The summed E-state index contributed by atoms with van der Waals surface area (Å²) < 4.78 is 10.7. The topological polar surface area (TPSA) is 73.3 Å². The molecule has 1 N–H and O–H groups in total. The minimum atomic E-state index is 0. The number of hydrogen-bond donors (Lipinski definition) is 1. The third-order valence-corrected chi connectivity index (χ3v) is 5.75. The molecule has 4 rings (SSSR count). The maximum absolute atomic E-state index is 5.74. The van der Waals surface area contributed by atoms with Crippen molar-refractivity contribution in [2.75, 3.05) is 52.4 Å². The Hall–Kier alpha value is -1.59. The largest absolute Gasteiger partial charge is 0.468 e. The van der Waals surface area contributed by atoms with Gasteiger partial charge in [-0.2, -0.15) is 0 Å². The molecule has 8 nitrogen and oxygen atoms in total. The molecular weight excluding hydrogens is 495 g/mol. The molecule has 166 valence electrons. The van der Waals surface area contributed by atoms with Crippen LogP contribution < -0.4 is 5.32 Å². The number of aliphatic imine (C=N–C) groups is 1. The molecule has 2 aromatic heterocycles. The van der Waals surface area contributed by atoms with Gasteiger partial charge in [-0.3, -0.25) is 14.8 Å². The summed E-state index contributed by atoms with van der Waals surface area (Å²) in [6.45, 7) is 10.7. The first-order valence-electron chi connectivity index (χ1n) is 10.8. The molecule has 0 radical (unpaired) electrons. The zero-order valence-corrected chi connectivity index (χ0v) is 20.0. The van der Waals surface area contributed by atoms with Crippen LogP contribution in [0.2, 0.25) is 0 Å². The molecule has 0 aliphatic carbocycles. The van der Waals surface area contributed by atoms with Gasteiger partial charge in [0, 0.05) is 45.3 Å². The Morgan fingerprint density at radius 2 is 1.93 bits per heavy atom. The number of nitrogens with one attached hydrogen (secondary N) is 1. The van der Waals surface area contributed by atoms with Crippen LogP contribution in [0.3, 0.4) is 0 Å². The lowest BCUT2D eigenvalue weighted by Gasteiger charge is -2.36. The lowest BCUT2D eigenvalue weighted by Crippen LogP contribution is -2.52. The van der Waals surface area contributed by atoms with Crippen LogP contribution in [0.15, 0.2) is 44.7 Å². The highest BCUT2D eigenvalue weighted by molar-refractivity contribution is 14.0. The summed E-state index contributed by atoms with van der Waals surface area (Å²) in [6, 6.07) is 6.20. The number of likely N-dealkylation sites (tertiary alicyclic amines) is 1. The van der Waals surface area contributed by atoms with E-state index in [9.17, 15) is 0 Å². The van der Waals surface area contributed by atoms with E-state index >= 15 is 0 Å². The Bertz CT molecular complexity index is 738. The number of guanidine groups is 1. The molecule has 2 fully saturated rings. The summed E-state index contributed by atoms with van der Waals surface area (Å²) in [7, 11) is 0. The van der Waals surface area contributed by atoms with Crippen LogP contribution in [-0.4, -0.2) is 78.2 Å². The van der Waals surface area contributed by atoms with Gasteiger partial charge in [0.2, 0.25) is 0 Å². The number of halogens is 1. The van der Waals surface area contributed by atoms with Gasteiger partial charge < -0.3 is 19.2 Å². The van der Waals surface area contributed by atoms with E-state index in [0.717, 1.165) is 76.3 Å². The van der Waals surface area contributed by atoms with E-state index in [1.165, 1.54) is 12.8 Å². The molecule has 0 aromatic carbocycles. The van der Waals surface area contributed by atoms with E-state index in [0.29, 0.717) is 0 Å². The smallest absolute Gasteiger partial charge is 0.194 e. The first kappa shape index (κ1) is 23.1. The molecule has 0 bridgehead atoms. The fourth-order valence-electron chi connectivity index (χ4n) is 4.18. The first-order valence-corrected chi connectivity index (χ1v) is 10.8. The Kier molecular flexibility index (Phi) is 9.01. The van der Waals surface area contributed by atoms with Crippen molar-refractivity contribution in [1.29, 1.82) is 0 Å². The zero-order valence-electron chi connectivity index (χ0n) is 17.7. The molecule has 2 aliphatic heterocycles. The Morgan fingerprint density at radius 3 is 2.57 bits per heavy atom. The summed E-state index contributed by atoms with van der Waals surface area (Å²) in [5, 5.41) is 7.51. The SMILES string of the molecule is CCNC(=NCC(c1ccco1)N1CCCC1)N1CCN(Cc2ccon2)CC1.I. The molecule has 0 saturated carbocycles. The van der Waals surface area contributed by atoms with Crippen molar-refractivity contribution in [1.82, 2.24) is 25.2 Å². The Labute approximate surface area is 195 Å². The van der Waals surface area contributed by atoms with E-state index in [1.54, 1.807) is 12.5 Å². The molecule has 1 unspecified atom stereocenters. The molecule has 4 heterocycles. The number of hydrogen-bond acceptors (Lipinski definition) is 6. The summed E-state index contributed by atoms with van der Waals surface area (Å²) in [4.78, 5) is 12.3. The quantitative estimate of drug-likeness (QED) is 0.337. The van der Waals surface area contributed by atoms with Crippen LogP contribution in [0, 0.1) is 0 Å². The Morgan fingerprint density at radius 1 is 1.13 bits per heavy atom. The normalized spacial score (nSPS) is 19.6. The third kappa shape index (κ3) is 5.98. The van der Waals surface area contributed by atoms with Crippen LogP contribution >= 0.6 is 24.0 Å². The predicted molar refractivity (Wildman–Crippen MR) is 127 cm³/mol. The van der Waals surface area contributed by atoms with Crippen molar-refractivity contribution in [2.45, 2.75) is 32.4 Å². The minimum Gasteiger partial charge on any atom is -0.468 e. The Balaban J connectivity index is 0.00000256. The molecule has 9 heteroatoms. The van der Waals surface area contributed by atoms with Gasteiger partial charge in [0.1, 0.15) is 12.0 Å².